The molecule has 1 aromatic rings. The summed E-state index contributed by atoms with van der Waals surface area (Å²) in [5, 5.41) is 21.1. The van der Waals surface area contributed by atoms with Crippen molar-refractivity contribution in [2.24, 2.45) is 5.41 Å². The van der Waals surface area contributed by atoms with Gasteiger partial charge in [-0.1, -0.05) is 30.3 Å². The molecule has 10 nitrogen and oxygen atoms in total. The fourth-order valence-corrected chi connectivity index (χ4v) is 3.17. The van der Waals surface area contributed by atoms with Gasteiger partial charge in [0.25, 0.3) is 0 Å². The maximum absolute atomic E-state index is 13.4. The van der Waals surface area contributed by atoms with Crippen molar-refractivity contribution < 1.29 is 43.7 Å². The van der Waals surface area contributed by atoms with E-state index in [-0.39, 0.29) is 12.2 Å². The number of benzene rings is 1. The summed E-state index contributed by atoms with van der Waals surface area (Å²) in [6.45, 7) is 6.16. The number of hydrogen-bond donors (Lipinski definition) is 3. The van der Waals surface area contributed by atoms with Crippen LogP contribution in [0.3, 0.4) is 0 Å². The van der Waals surface area contributed by atoms with Gasteiger partial charge in [0.15, 0.2) is 5.78 Å². The average molecular weight is 451 g/mol. The predicted octanol–water partition coefficient (Wildman–Crippen LogP) is 2.65. The Morgan fingerprint density at radius 1 is 1.00 bits per heavy atom. The summed E-state index contributed by atoms with van der Waals surface area (Å²) in [7, 11) is 0. The molecule has 1 aromatic carbocycles. The maximum atomic E-state index is 13.4. The van der Waals surface area contributed by atoms with Crippen molar-refractivity contribution in [3.05, 3.63) is 35.9 Å². The molecule has 0 aromatic heterocycles. The molecule has 0 aliphatic rings. The van der Waals surface area contributed by atoms with Gasteiger partial charge in [-0.05, 0) is 34.1 Å². The molecule has 0 bridgehead atoms. The SMILES string of the molecule is CCOC(=O)C(CC(=O)O)(CC(CC(=O)O)NC(=O)OC(C)(C)C)C(=O)c1ccccc1. The number of aliphatic carboxylic acids is 2. The molecule has 3 N–H and O–H groups in total. The van der Waals surface area contributed by atoms with Gasteiger partial charge in [0, 0.05) is 11.6 Å². The number of ether oxygens (including phenoxy) is 2. The minimum absolute atomic E-state index is 0.0492. The summed E-state index contributed by atoms with van der Waals surface area (Å²) in [5.41, 5.74) is -3.11. The minimum Gasteiger partial charge on any atom is -0.481 e. The second kappa shape index (κ2) is 11.3. The van der Waals surface area contributed by atoms with Gasteiger partial charge in [-0.25, -0.2) is 4.79 Å². The fraction of sp³-hybridized carbons (Fsp3) is 0.500. The van der Waals surface area contributed by atoms with Gasteiger partial charge < -0.3 is 25.0 Å². The molecule has 0 spiro atoms. The van der Waals surface area contributed by atoms with Crippen molar-refractivity contribution >= 4 is 29.8 Å². The molecule has 0 aliphatic heterocycles. The lowest BCUT2D eigenvalue weighted by Crippen LogP contribution is -2.50. The van der Waals surface area contributed by atoms with Crippen LogP contribution in [0.5, 0.6) is 0 Å². The Labute approximate surface area is 185 Å². The second-order valence-corrected chi connectivity index (χ2v) is 8.21. The molecule has 176 valence electrons. The lowest BCUT2D eigenvalue weighted by Gasteiger charge is -2.32. The quantitative estimate of drug-likeness (QED) is 0.261. The summed E-state index contributed by atoms with van der Waals surface area (Å²) >= 11 is 0. The number of nitrogens with one attached hydrogen (secondary N) is 1. The van der Waals surface area contributed by atoms with Crippen LogP contribution in [-0.2, 0) is 23.9 Å². The lowest BCUT2D eigenvalue weighted by molar-refractivity contribution is -0.158. The Morgan fingerprint density at radius 2 is 1.59 bits per heavy atom. The zero-order valence-corrected chi connectivity index (χ0v) is 18.5. The van der Waals surface area contributed by atoms with Gasteiger partial charge in [-0.15, -0.1) is 0 Å². The van der Waals surface area contributed by atoms with Crippen molar-refractivity contribution in [2.45, 2.75) is 58.6 Å². The van der Waals surface area contributed by atoms with Crippen LogP contribution in [0.2, 0.25) is 0 Å². The van der Waals surface area contributed by atoms with E-state index < -0.39 is 66.1 Å². The monoisotopic (exact) mass is 451 g/mol. The number of carbonyl (C=O) groups is 5. The lowest BCUT2D eigenvalue weighted by atomic mass is 9.72. The first-order valence-corrected chi connectivity index (χ1v) is 10.0. The molecule has 1 amide bonds. The molecule has 0 aliphatic carbocycles. The highest BCUT2D eigenvalue weighted by Gasteiger charge is 2.51. The number of rotatable bonds is 11. The van der Waals surface area contributed by atoms with Crippen LogP contribution in [-0.4, -0.2) is 58.2 Å². The first kappa shape index (κ1) is 26.6. The number of carbonyl (C=O) groups excluding carboxylic acids is 3. The van der Waals surface area contributed by atoms with Crippen LogP contribution in [0.25, 0.3) is 0 Å². The summed E-state index contributed by atoms with van der Waals surface area (Å²) < 4.78 is 10.2. The van der Waals surface area contributed by atoms with Crippen molar-refractivity contribution in [1.82, 2.24) is 5.32 Å². The van der Waals surface area contributed by atoms with E-state index in [1.54, 1.807) is 26.8 Å². The molecular weight excluding hydrogens is 422 g/mol. The Morgan fingerprint density at radius 3 is 2.06 bits per heavy atom. The molecule has 1 rings (SSSR count). The predicted molar refractivity (Wildman–Crippen MR) is 112 cm³/mol. The smallest absolute Gasteiger partial charge is 0.407 e. The molecular formula is C22H29NO9. The van der Waals surface area contributed by atoms with Crippen LogP contribution >= 0.6 is 0 Å². The molecule has 2 unspecified atom stereocenters. The molecule has 2 atom stereocenters. The van der Waals surface area contributed by atoms with Crippen LogP contribution in [0, 0.1) is 5.41 Å². The minimum atomic E-state index is -2.27. The van der Waals surface area contributed by atoms with E-state index in [0.717, 1.165) is 0 Å². The van der Waals surface area contributed by atoms with Crippen molar-refractivity contribution in [3.63, 3.8) is 0 Å². The second-order valence-electron chi connectivity index (χ2n) is 8.21. The van der Waals surface area contributed by atoms with Gasteiger partial charge in [-0.2, -0.15) is 0 Å². The number of alkyl carbamates (subject to hydrolysis) is 1. The summed E-state index contributed by atoms with van der Waals surface area (Å²) in [6, 6.07) is 6.24. The Balaban J connectivity index is 3.47. The maximum Gasteiger partial charge on any atom is 0.407 e. The number of carboxylic acids is 2. The van der Waals surface area contributed by atoms with E-state index in [1.165, 1.54) is 31.2 Å². The number of carboxylic acid groups (broad SMARTS) is 2. The fourth-order valence-electron chi connectivity index (χ4n) is 3.17. The van der Waals surface area contributed by atoms with Gasteiger partial charge in [-0.3, -0.25) is 19.2 Å². The summed E-state index contributed by atoms with van der Waals surface area (Å²) in [4.78, 5) is 61.7. The highest BCUT2D eigenvalue weighted by molar-refractivity contribution is 6.14. The third-order valence-corrected chi connectivity index (χ3v) is 4.33. The number of amides is 1. The van der Waals surface area contributed by atoms with E-state index in [0.29, 0.717) is 0 Å². The van der Waals surface area contributed by atoms with Crippen LogP contribution in [0.1, 0.15) is 57.3 Å². The van der Waals surface area contributed by atoms with E-state index in [2.05, 4.69) is 5.32 Å². The summed E-state index contributed by atoms with van der Waals surface area (Å²) in [6.07, 6.45) is -3.21. The Kier molecular flexibility index (Phi) is 9.36. The van der Waals surface area contributed by atoms with Gasteiger partial charge in [0.1, 0.15) is 11.0 Å². The number of hydrogen-bond acceptors (Lipinski definition) is 7. The molecule has 0 radical (unpaired) electrons. The van der Waals surface area contributed by atoms with Gasteiger partial charge in [0.2, 0.25) is 0 Å². The van der Waals surface area contributed by atoms with Crippen LogP contribution in [0.15, 0.2) is 30.3 Å². The first-order chi connectivity index (χ1) is 14.8. The third-order valence-electron chi connectivity index (χ3n) is 4.33. The van der Waals surface area contributed by atoms with Gasteiger partial charge >= 0.3 is 24.0 Å². The van der Waals surface area contributed by atoms with E-state index in [9.17, 15) is 34.2 Å². The van der Waals surface area contributed by atoms with Gasteiger partial charge in [0.05, 0.1) is 19.4 Å². The molecule has 0 saturated carbocycles. The highest BCUT2D eigenvalue weighted by atomic mass is 16.6. The zero-order chi connectivity index (χ0) is 24.5. The first-order valence-electron chi connectivity index (χ1n) is 10.0. The average Bonchev–Trinajstić information content (AvgIpc) is 2.65. The standard InChI is InChI=1S/C22H29NO9/c1-5-31-19(29)22(13-17(26)27,18(28)14-9-7-6-8-10-14)12-15(11-16(24)25)23-20(30)32-21(2,3)4/h6-10,15H,5,11-13H2,1-4H3,(H,23,30)(H,24,25)(H,26,27). The molecule has 0 fully saturated rings. The molecule has 32 heavy (non-hydrogen) atoms. The number of ketones is 1. The molecule has 0 heterocycles. The Bertz CT molecular complexity index is 845. The molecule has 0 saturated heterocycles. The highest BCUT2D eigenvalue weighted by Crippen LogP contribution is 2.35. The molecule has 10 heteroatoms. The van der Waals surface area contributed by atoms with E-state index >= 15 is 0 Å². The third kappa shape index (κ3) is 8.01. The topological polar surface area (TPSA) is 156 Å². The zero-order valence-electron chi connectivity index (χ0n) is 18.5. The van der Waals surface area contributed by atoms with E-state index in [1.807, 2.05) is 0 Å². The van der Waals surface area contributed by atoms with Crippen LogP contribution < -0.4 is 5.32 Å². The van der Waals surface area contributed by atoms with Crippen molar-refractivity contribution in [2.75, 3.05) is 6.61 Å². The largest absolute Gasteiger partial charge is 0.481 e. The number of esters is 1. The van der Waals surface area contributed by atoms with Crippen molar-refractivity contribution in [1.29, 1.82) is 0 Å². The van der Waals surface area contributed by atoms with Crippen molar-refractivity contribution in [3.8, 4) is 0 Å². The Hall–Kier alpha value is -3.43. The summed E-state index contributed by atoms with van der Waals surface area (Å²) in [5.74, 6) is -4.75. The number of Topliss-reactive ketones (excluding diaryl/α,β-unsaturated/α-hetero) is 1. The normalized spacial score (nSPS) is 13.9. The van der Waals surface area contributed by atoms with E-state index in [4.69, 9.17) is 9.47 Å². The van der Waals surface area contributed by atoms with Crippen LogP contribution in [0.4, 0.5) is 4.79 Å².